The first-order valence-electron chi connectivity index (χ1n) is 13.5. The van der Waals surface area contributed by atoms with Gasteiger partial charge in [0.1, 0.15) is 12.1 Å². The molecular formula is C28H37N5O5S. The van der Waals surface area contributed by atoms with E-state index in [9.17, 15) is 22.8 Å². The fourth-order valence-corrected chi connectivity index (χ4v) is 7.07. The van der Waals surface area contributed by atoms with Gasteiger partial charge in [-0.1, -0.05) is 19.9 Å². The van der Waals surface area contributed by atoms with Gasteiger partial charge in [0, 0.05) is 37.1 Å². The van der Waals surface area contributed by atoms with E-state index in [0.717, 1.165) is 18.8 Å². The number of ketones is 1. The number of nitrogens with zero attached hydrogens (tertiary/aromatic N) is 4. The molecular weight excluding hydrogens is 518 g/mol. The zero-order valence-electron chi connectivity index (χ0n) is 22.9. The lowest BCUT2D eigenvalue weighted by Crippen LogP contribution is -2.53. The van der Waals surface area contributed by atoms with Crippen molar-refractivity contribution in [3.63, 3.8) is 0 Å². The summed E-state index contributed by atoms with van der Waals surface area (Å²) >= 11 is 0. The molecule has 11 heteroatoms. The third-order valence-corrected chi connectivity index (χ3v) is 9.23. The fourth-order valence-electron chi connectivity index (χ4n) is 5.51. The summed E-state index contributed by atoms with van der Waals surface area (Å²) in [4.78, 5) is 47.6. The first-order chi connectivity index (χ1) is 18.6. The molecule has 1 aromatic carbocycles. The van der Waals surface area contributed by atoms with Crippen LogP contribution in [0.3, 0.4) is 0 Å². The third-order valence-electron chi connectivity index (χ3n) is 7.44. The van der Waals surface area contributed by atoms with Crippen molar-refractivity contribution in [2.45, 2.75) is 63.7 Å². The number of fused-ring (bicyclic) bond motifs is 1. The SMILES string of the molecule is CCN(CC)c1ccc(C(=O)NC(CC(C)C)C(=O)N2CCC3C2C(=O)CN3S(=O)(=O)c2ccccn2)cc1. The number of anilines is 1. The Morgan fingerprint density at radius 3 is 2.38 bits per heavy atom. The Labute approximate surface area is 230 Å². The monoisotopic (exact) mass is 555 g/mol. The molecule has 2 aliphatic rings. The first-order valence-corrected chi connectivity index (χ1v) is 14.9. The standard InChI is InChI=1S/C28H37N5O5S/c1-5-31(6-2)21-12-10-20(11-13-21)27(35)30-22(17-19(3)4)28(36)32-16-14-23-26(32)24(34)18-33(23)39(37,38)25-9-7-8-15-29-25/h7-13,15,19,22-23,26H,5-6,14,16-18H2,1-4H3,(H,30,35). The summed E-state index contributed by atoms with van der Waals surface area (Å²) in [6.07, 6.45) is 2.12. The van der Waals surface area contributed by atoms with Gasteiger partial charge >= 0.3 is 0 Å². The number of hydrogen-bond donors (Lipinski definition) is 1. The highest BCUT2D eigenvalue weighted by Gasteiger charge is 2.54. The van der Waals surface area contributed by atoms with Crippen LogP contribution in [0.5, 0.6) is 0 Å². The van der Waals surface area contributed by atoms with Crippen molar-refractivity contribution in [2.24, 2.45) is 5.92 Å². The zero-order chi connectivity index (χ0) is 28.3. The van der Waals surface area contributed by atoms with Gasteiger partial charge in [-0.25, -0.2) is 13.4 Å². The van der Waals surface area contributed by atoms with Crippen molar-refractivity contribution in [1.82, 2.24) is 19.5 Å². The molecule has 2 amide bonds. The Balaban J connectivity index is 1.51. The maximum absolute atomic E-state index is 13.8. The van der Waals surface area contributed by atoms with E-state index in [1.165, 1.54) is 21.5 Å². The molecule has 2 aliphatic heterocycles. The van der Waals surface area contributed by atoms with Crippen molar-refractivity contribution in [3.05, 3.63) is 54.2 Å². The second kappa shape index (κ2) is 11.8. The molecule has 1 aromatic heterocycles. The number of amides is 2. The predicted octanol–water partition coefficient (Wildman–Crippen LogP) is 2.32. The van der Waals surface area contributed by atoms with Gasteiger partial charge < -0.3 is 15.1 Å². The van der Waals surface area contributed by atoms with Crippen molar-refractivity contribution in [3.8, 4) is 0 Å². The van der Waals surface area contributed by atoms with Crippen LogP contribution in [0.4, 0.5) is 5.69 Å². The van der Waals surface area contributed by atoms with Crippen molar-refractivity contribution >= 4 is 33.3 Å². The minimum absolute atomic E-state index is 0.100. The van der Waals surface area contributed by atoms with Crippen LogP contribution in [-0.2, 0) is 19.6 Å². The van der Waals surface area contributed by atoms with E-state index in [0.29, 0.717) is 18.4 Å². The van der Waals surface area contributed by atoms with Crippen LogP contribution in [0.1, 0.15) is 50.9 Å². The highest BCUT2D eigenvalue weighted by atomic mass is 32.2. The second-order valence-electron chi connectivity index (χ2n) is 10.4. The van der Waals surface area contributed by atoms with E-state index in [2.05, 4.69) is 29.0 Å². The molecule has 0 radical (unpaired) electrons. The summed E-state index contributed by atoms with van der Waals surface area (Å²) < 4.78 is 27.6. The van der Waals surface area contributed by atoms with E-state index in [1.807, 2.05) is 26.0 Å². The molecule has 39 heavy (non-hydrogen) atoms. The predicted molar refractivity (Wildman–Crippen MR) is 148 cm³/mol. The number of pyridine rings is 1. The minimum atomic E-state index is -3.99. The maximum atomic E-state index is 13.8. The topological polar surface area (TPSA) is 120 Å². The molecule has 0 aliphatic carbocycles. The Bertz CT molecular complexity index is 1300. The zero-order valence-corrected chi connectivity index (χ0v) is 23.7. The van der Waals surface area contributed by atoms with E-state index in [-0.39, 0.29) is 41.6 Å². The second-order valence-corrected chi connectivity index (χ2v) is 12.2. The molecule has 1 N–H and O–H groups in total. The molecule has 0 spiro atoms. The summed E-state index contributed by atoms with van der Waals surface area (Å²) in [5.74, 6) is -0.960. The van der Waals surface area contributed by atoms with Crippen LogP contribution in [0.15, 0.2) is 53.7 Å². The lowest BCUT2D eigenvalue weighted by Gasteiger charge is -2.29. The minimum Gasteiger partial charge on any atom is -0.372 e. The molecule has 3 heterocycles. The van der Waals surface area contributed by atoms with Crippen LogP contribution >= 0.6 is 0 Å². The normalized spacial score (nSPS) is 20.2. The van der Waals surface area contributed by atoms with Gasteiger partial charge in [0.2, 0.25) is 5.91 Å². The number of likely N-dealkylation sites (tertiary alicyclic amines) is 1. The summed E-state index contributed by atoms with van der Waals surface area (Å²) in [6, 6.07) is 9.49. The van der Waals surface area contributed by atoms with E-state index in [4.69, 9.17) is 0 Å². The first kappa shape index (κ1) is 28.7. The number of carbonyl (C=O) groups is 3. The van der Waals surface area contributed by atoms with E-state index in [1.54, 1.807) is 24.3 Å². The largest absolute Gasteiger partial charge is 0.372 e. The summed E-state index contributed by atoms with van der Waals surface area (Å²) in [7, 11) is -3.99. The van der Waals surface area contributed by atoms with Gasteiger partial charge in [-0.3, -0.25) is 14.4 Å². The number of nitrogens with one attached hydrogen (secondary N) is 1. The number of carbonyl (C=O) groups excluding carboxylic acids is 3. The van der Waals surface area contributed by atoms with Crippen molar-refractivity contribution in [2.75, 3.05) is 31.1 Å². The number of rotatable bonds is 10. The van der Waals surface area contributed by atoms with Crippen molar-refractivity contribution < 1.29 is 22.8 Å². The Kier molecular flexibility index (Phi) is 8.70. The molecule has 2 fully saturated rings. The number of hydrogen-bond acceptors (Lipinski definition) is 7. The van der Waals surface area contributed by atoms with E-state index < -0.39 is 28.1 Å². The highest BCUT2D eigenvalue weighted by Crippen LogP contribution is 2.34. The molecule has 3 atom stereocenters. The van der Waals surface area contributed by atoms with Gasteiger partial charge in [0.05, 0.1) is 12.6 Å². The average Bonchev–Trinajstić information content (AvgIpc) is 3.50. The van der Waals surface area contributed by atoms with Gasteiger partial charge in [-0.05, 0) is 69.0 Å². The molecule has 2 saturated heterocycles. The Morgan fingerprint density at radius 2 is 1.79 bits per heavy atom. The Hall–Kier alpha value is -3.31. The van der Waals surface area contributed by atoms with Crippen molar-refractivity contribution in [1.29, 1.82) is 0 Å². The fraction of sp³-hybridized carbons (Fsp3) is 0.500. The summed E-state index contributed by atoms with van der Waals surface area (Å²) in [5, 5.41) is 2.76. The molecule has 4 rings (SSSR count). The molecule has 3 unspecified atom stereocenters. The maximum Gasteiger partial charge on any atom is 0.261 e. The smallest absolute Gasteiger partial charge is 0.261 e. The van der Waals surface area contributed by atoms with Crippen LogP contribution in [0.25, 0.3) is 0 Å². The molecule has 0 bridgehead atoms. The molecule has 10 nitrogen and oxygen atoms in total. The molecule has 0 saturated carbocycles. The quantitative estimate of drug-likeness (QED) is 0.478. The molecule has 2 aromatic rings. The van der Waals surface area contributed by atoms with Crippen LogP contribution in [0.2, 0.25) is 0 Å². The third kappa shape index (κ3) is 5.84. The lowest BCUT2D eigenvalue weighted by molar-refractivity contribution is -0.138. The summed E-state index contributed by atoms with van der Waals surface area (Å²) in [6.45, 7) is 9.68. The average molecular weight is 556 g/mol. The number of sulfonamides is 1. The Morgan fingerprint density at radius 1 is 1.10 bits per heavy atom. The van der Waals surface area contributed by atoms with Crippen LogP contribution in [0, 0.1) is 5.92 Å². The number of aromatic nitrogens is 1. The highest BCUT2D eigenvalue weighted by molar-refractivity contribution is 7.89. The van der Waals surface area contributed by atoms with Gasteiger partial charge in [0.25, 0.3) is 15.9 Å². The number of benzene rings is 1. The summed E-state index contributed by atoms with van der Waals surface area (Å²) in [5.41, 5.74) is 1.45. The molecule has 210 valence electrons. The van der Waals surface area contributed by atoms with Crippen LogP contribution in [-0.4, -0.2) is 84.5 Å². The van der Waals surface area contributed by atoms with E-state index >= 15 is 0 Å². The lowest BCUT2D eigenvalue weighted by atomic mass is 10.0. The number of Topliss-reactive ketones (excluding diaryl/α,β-unsaturated/α-hetero) is 1. The van der Waals surface area contributed by atoms with Crippen LogP contribution < -0.4 is 10.2 Å². The van der Waals surface area contributed by atoms with Gasteiger partial charge in [-0.15, -0.1) is 0 Å². The van der Waals surface area contributed by atoms with Gasteiger partial charge in [0.15, 0.2) is 10.8 Å². The van der Waals surface area contributed by atoms with Gasteiger partial charge in [-0.2, -0.15) is 4.31 Å².